The molecule has 0 spiro atoms. The van der Waals surface area contributed by atoms with Crippen molar-refractivity contribution in [2.75, 3.05) is 13.2 Å². The molecule has 6 aliphatic rings. The number of ether oxygens (including phenoxy) is 1. The van der Waals surface area contributed by atoms with Gasteiger partial charge in [0, 0.05) is 131 Å². The number of rotatable bonds is 26. The third-order valence-electron chi connectivity index (χ3n) is 20.6. The molecule has 7 unspecified atom stereocenters. The summed E-state index contributed by atoms with van der Waals surface area (Å²) in [4.78, 5) is 126. The molecule has 0 radical (unpaired) electrons. The highest BCUT2D eigenvalue weighted by atomic mass is 31.2. The Hall–Kier alpha value is -7.00. The van der Waals surface area contributed by atoms with E-state index in [9.17, 15) is 53.2 Å². The monoisotopic (exact) mass is 1270 g/mol. The van der Waals surface area contributed by atoms with Crippen molar-refractivity contribution in [3.8, 4) is 0 Å². The maximum Gasteiger partial charge on any atom is 0.472 e. The Kier molecular flexibility index (Phi) is 19.6. The van der Waals surface area contributed by atoms with Gasteiger partial charge in [0.05, 0.1) is 41.7 Å². The van der Waals surface area contributed by atoms with E-state index >= 15 is 0 Å². The van der Waals surface area contributed by atoms with Gasteiger partial charge >= 0.3 is 7.82 Å². The molecule has 8 bridgehead atoms. The van der Waals surface area contributed by atoms with Gasteiger partial charge in [0.15, 0.2) is 6.23 Å². The normalized spacial score (nSPS) is 32.0. The van der Waals surface area contributed by atoms with Gasteiger partial charge in [0.1, 0.15) is 18.3 Å². The van der Waals surface area contributed by atoms with Crippen LogP contribution in [0.3, 0.4) is 0 Å². The number of aliphatic imine (C=N–C) groups is 3. The van der Waals surface area contributed by atoms with Crippen LogP contribution < -0.4 is 45.0 Å². The first kappa shape index (κ1) is 68.9. The van der Waals surface area contributed by atoms with E-state index in [4.69, 9.17) is 63.2 Å². The van der Waals surface area contributed by atoms with Gasteiger partial charge in [-0.15, -0.1) is 0 Å². The molecule has 27 nitrogen and oxygen atoms in total. The van der Waals surface area contributed by atoms with E-state index < -0.39 is 143 Å². The van der Waals surface area contributed by atoms with Crippen molar-refractivity contribution < 1.29 is 67.0 Å². The lowest BCUT2D eigenvalue weighted by atomic mass is 9.55. The van der Waals surface area contributed by atoms with E-state index in [0.717, 1.165) is 11.1 Å². The minimum atomic E-state index is -5.07. The zero-order valence-electron chi connectivity index (χ0n) is 53.3. The number of carbonyl (C=O) groups excluding carboxylic acids is 7. The Balaban J connectivity index is 1.19. The molecule has 7 amide bonds. The first-order valence-electron chi connectivity index (χ1n) is 30.6. The summed E-state index contributed by atoms with van der Waals surface area (Å²) in [6, 6.07) is 2.70. The molecule has 17 N–H and O–H groups in total. The van der Waals surface area contributed by atoms with Crippen molar-refractivity contribution in [3.63, 3.8) is 0 Å². The number of phosphoric acid groups is 1. The number of hydrogen-bond acceptors (Lipinski definition) is 18. The molecular weight excluding hydrogens is 1180 g/mol. The van der Waals surface area contributed by atoms with E-state index in [2.05, 4.69) is 15.6 Å². The summed E-state index contributed by atoms with van der Waals surface area (Å²) < 4.78 is 32.3. The summed E-state index contributed by atoms with van der Waals surface area (Å²) in [5.41, 5.74) is 37.4. The zero-order chi connectivity index (χ0) is 66.7. The molecule has 7 heterocycles. The zero-order valence-corrected chi connectivity index (χ0v) is 54.1. The number of primary amides is 6. The molecule has 492 valence electrons. The van der Waals surface area contributed by atoms with Crippen LogP contribution in [0.15, 0.2) is 67.8 Å². The molecule has 0 saturated carbocycles. The Morgan fingerprint density at radius 2 is 1.40 bits per heavy atom. The van der Waals surface area contributed by atoms with Gasteiger partial charge in [-0.25, -0.2) is 9.55 Å². The average Bonchev–Trinajstić information content (AvgIpc) is 1.53. The van der Waals surface area contributed by atoms with Crippen molar-refractivity contribution in [1.29, 1.82) is 0 Å². The highest BCUT2D eigenvalue weighted by Crippen LogP contribution is 2.63. The van der Waals surface area contributed by atoms with Crippen molar-refractivity contribution >= 4 is 77.3 Å². The highest BCUT2D eigenvalue weighted by Gasteiger charge is 2.66. The van der Waals surface area contributed by atoms with Gasteiger partial charge < -0.3 is 69.4 Å². The van der Waals surface area contributed by atoms with E-state index in [-0.39, 0.29) is 77.2 Å². The number of amides is 7. The third kappa shape index (κ3) is 13.0. The summed E-state index contributed by atoms with van der Waals surface area (Å²) >= 11 is 0. The first-order valence-corrected chi connectivity index (χ1v) is 32.1. The van der Waals surface area contributed by atoms with Crippen LogP contribution in [-0.4, -0.2) is 132 Å². The number of aliphatic hydroxyl groups excluding tert-OH is 2. The number of fused-ring (bicyclic) bond motifs is 7. The minimum Gasteiger partial charge on any atom is -0.394 e. The molecule has 15 atom stereocenters. The Bertz CT molecular complexity index is 3540. The number of hydrogen-bond donors (Lipinski definition) is 11. The number of aryl methyl sites for hydroxylation is 2. The summed E-state index contributed by atoms with van der Waals surface area (Å²) in [6.45, 7) is 19.3. The lowest BCUT2D eigenvalue weighted by molar-refractivity contribution is -0.124. The molecule has 28 heteroatoms. The van der Waals surface area contributed by atoms with Gasteiger partial charge in [-0.1, -0.05) is 34.6 Å². The average molecular weight is 1270 g/mol. The summed E-state index contributed by atoms with van der Waals surface area (Å²) in [6.07, 6.45) is -4.26. The molecular formula is C62H90N13O14P. The van der Waals surface area contributed by atoms with Crippen molar-refractivity contribution in [3.05, 3.63) is 63.9 Å². The highest BCUT2D eigenvalue weighted by molar-refractivity contribution is 7.47. The number of aliphatic hydroxyl groups is 2. The van der Waals surface area contributed by atoms with Gasteiger partial charge in [0.25, 0.3) is 0 Å². The van der Waals surface area contributed by atoms with Crippen LogP contribution in [-0.2, 0) is 51.9 Å². The standard InChI is InChI=1S/C62H90N13O14P/c1-29-20-39-40(21-30(29)2)75(28-70-39)57-52(84)53(41(27-76)87-57)89-90(85,86)88-31(3)26-69-49(83)18-19-59(8)37(22-46(66)80)56-62(11)61(10,25-48(68)82)36(14-17-45(65)79)51(74-62)33(5)55-60(9,24-47(67)81)34(12-15-43(63)77)38(71-55)23-42-58(6,7)35(13-16-44(64)78)50(72-42)32(4)54(59)73-56/h20-21,23,28,31,34-37,41,52-53,56-57,71,76,84H,12-19,22,24-27H2,1-11H3,(H2,63,77)(H2,64,78)(H2,65,79)(H2,66,80)(H2,67,81)(H2,68,82)(H,69,83)(H,85,86)/t31?,34-,35-,36-,37+,41?,52?,53?,56?,57?,59-,60+,61+,62+/m1/s1. The molecule has 90 heavy (non-hydrogen) atoms. The fraction of sp³-hybridized carbons (Fsp3) is 0.629. The third-order valence-corrected chi connectivity index (χ3v) is 21.7. The minimum absolute atomic E-state index is 0.0114. The second-order valence-electron chi connectivity index (χ2n) is 27.1. The Morgan fingerprint density at radius 1 is 0.800 bits per heavy atom. The summed E-state index contributed by atoms with van der Waals surface area (Å²) in [5, 5.41) is 28.2. The van der Waals surface area contributed by atoms with Gasteiger partial charge in [-0.2, -0.15) is 0 Å². The van der Waals surface area contributed by atoms with Crippen LogP contribution in [0.1, 0.15) is 150 Å². The first-order chi connectivity index (χ1) is 41.8. The fourth-order valence-electron chi connectivity index (χ4n) is 15.4. The molecule has 8 rings (SSSR count). The molecule has 1 aromatic heterocycles. The summed E-state index contributed by atoms with van der Waals surface area (Å²) in [7, 11) is -5.07. The van der Waals surface area contributed by atoms with E-state index in [1.54, 1.807) is 4.57 Å². The van der Waals surface area contributed by atoms with Gasteiger partial charge in [0.2, 0.25) is 41.4 Å². The van der Waals surface area contributed by atoms with E-state index in [1.807, 2.05) is 87.4 Å². The number of allylic oxidation sites excluding steroid dienone is 6. The number of imidazole rings is 1. The number of benzene rings is 1. The Morgan fingerprint density at radius 3 is 1.99 bits per heavy atom. The van der Waals surface area contributed by atoms with Gasteiger partial charge in [-0.05, 0) is 108 Å². The smallest absolute Gasteiger partial charge is 0.394 e. The Labute approximate surface area is 523 Å². The largest absolute Gasteiger partial charge is 0.472 e. The lowest BCUT2D eigenvalue weighted by Crippen LogP contribution is -2.56. The maximum absolute atomic E-state index is 14.4. The summed E-state index contributed by atoms with van der Waals surface area (Å²) in [5.74, 6) is -7.18. The topological polar surface area (TPSA) is 460 Å². The number of nitrogens with zero attached hydrogens (tertiary/aromatic N) is 5. The second kappa shape index (κ2) is 25.6. The molecule has 2 saturated heterocycles. The quantitative estimate of drug-likeness (QED) is 0.0603. The van der Waals surface area contributed by atoms with Crippen molar-refractivity contribution in [2.45, 2.75) is 189 Å². The predicted molar refractivity (Wildman–Crippen MR) is 334 cm³/mol. The number of nitrogens with two attached hydrogens (primary N) is 6. The van der Waals surface area contributed by atoms with Crippen LogP contribution in [0.25, 0.3) is 11.0 Å². The van der Waals surface area contributed by atoms with Gasteiger partial charge in [-0.3, -0.25) is 57.6 Å². The number of phosphoric ester groups is 1. The number of nitrogens with one attached hydrogen (secondary N) is 2. The van der Waals surface area contributed by atoms with Crippen LogP contribution in [0.2, 0.25) is 0 Å². The molecule has 0 aliphatic carbocycles. The van der Waals surface area contributed by atoms with E-state index in [1.165, 1.54) is 13.3 Å². The van der Waals surface area contributed by atoms with Crippen LogP contribution in [0.5, 0.6) is 0 Å². The second-order valence-corrected chi connectivity index (χ2v) is 28.4. The van der Waals surface area contributed by atoms with Crippen LogP contribution >= 0.6 is 7.82 Å². The number of aromatic nitrogens is 2. The molecule has 2 aromatic rings. The molecule has 6 aliphatic heterocycles. The maximum atomic E-state index is 14.4. The van der Waals surface area contributed by atoms with E-state index in [0.29, 0.717) is 56.4 Å². The van der Waals surface area contributed by atoms with Crippen molar-refractivity contribution in [1.82, 2.24) is 20.2 Å². The predicted octanol–water partition coefficient (Wildman–Crippen LogP) is 3.16. The van der Waals surface area contributed by atoms with Crippen LogP contribution in [0, 0.1) is 59.2 Å². The van der Waals surface area contributed by atoms with Crippen molar-refractivity contribution in [2.24, 2.45) is 94.7 Å². The molecule has 2 fully saturated rings. The molecule has 1 aromatic carbocycles. The fourth-order valence-corrected chi connectivity index (χ4v) is 16.6. The SMILES string of the molecule is CC1=C2N=C(C=C3NC(=C(C)C4=N[C@@](C)(C5N=C1[C@](C)(CCC(=O)NCC(C)OP(=O)(O)OC1C(CO)OC(n6cnc7cc(C)c(C)cc76)C1O)[C@H]5CC(N)=O)[C@@](C)(CC(N)=O)[C@@H]4CCC(N)=O)[C@@](C)(CC(N)=O)[C@@H]3CCC(N)=O)C(C)(C)[C@@H]2CCC(N)=O. The number of carbonyl (C=O) groups is 7. The lowest BCUT2D eigenvalue weighted by Gasteiger charge is -2.48. The van der Waals surface area contributed by atoms with Crippen LogP contribution in [0.4, 0.5) is 0 Å².